The average Bonchev–Trinajstić information content (AvgIpc) is 2.67. The molecule has 2 aromatic carbocycles. The molecule has 5 heteroatoms. The largest absolute Gasteiger partial charge is 0.378 e. The SMILES string of the molecule is N#Cc1ccc(CNC(=O)c2ccccc2N2CCOCC2)cc1. The van der Waals surface area contributed by atoms with Gasteiger partial charge < -0.3 is 15.0 Å². The van der Waals surface area contributed by atoms with Gasteiger partial charge in [-0.15, -0.1) is 0 Å². The third-order valence-corrected chi connectivity index (χ3v) is 4.04. The lowest BCUT2D eigenvalue weighted by atomic mass is 10.1. The Balaban J connectivity index is 1.69. The van der Waals surface area contributed by atoms with Crippen molar-refractivity contribution < 1.29 is 9.53 Å². The van der Waals surface area contributed by atoms with E-state index < -0.39 is 0 Å². The summed E-state index contributed by atoms with van der Waals surface area (Å²) >= 11 is 0. The maximum absolute atomic E-state index is 12.6. The predicted octanol–water partition coefficient (Wildman–Crippen LogP) is 2.32. The van der Waals surface area contributed by atoms with Crippen molar-refractivity contribution >= 4 is 11.6 Å². The van der Waals surface area contributed by atoms with Crippen LogP contribution in [0.5, 0.6) is 0 Å². The van der Waals surface area contributed by atoms with Gasteiger partial charge in [0.25, 0.3) is 5.91 Å². The Labute approximate surface area is 141 Å². The molecule has 1 saturated heterocycles. The molecule has 0 radical (unpaired) electrons. The van der Waals surface area contributed by atoms with Crippen LogP contribution in [0.15, 0.2) is 48.5 Å². The zero-order valence-corrected chi connectivity index (χ0v) is 13.4. The van der Waals surface area contributed by atoms with Crippen LogP contribution in [-0.4, -0.2) is 32.2 Å². The number of carbonyl (C=O) groups is 1. The van der Waals surface area contributed by atoms with E-state index in [1.54, 1.807) is 12.1 Å². The van der Waals surface area contributed by atoms with Crippen molar-refractivity contribution in [1.82, 2.24) is 5.32 Å². The highest BCUT2D eigenvalue weighted by atomic mass is 16.5. The molecule has 0 aromatic heterocycles. The van der Waals surface area contributed by atoms with E-state index in [1.165, 1.54) is 0 Å². The molecule has 1 aliphatic rings. The van der Waals surface area contributed by atoms with Gasteiger partial charge in [-0.2, -0.15) is 5.26 Å². The van der Waals surface area contributed by atoms with E-state index in [-0.39, 0.29) is 5.91 Å². The Morgan fingerprint density at radius 3 is 2.54 bits per heavy atom. The highest BCUT2D eigenvalue weighted by molar-refractivity contribution is 5.99. The number of para-hydroxylation sites is 1. The summed E-state index contributed by atoms with van der Waals surface area (Å²) in [5.74, 6) is -0.0959. The fourth-order valence-electron chi connectivity index (χ4n) is 2.72. The van der Waals surface area contributed by atoms with E-state index in [9.17, 15) is 4.79 Å². The van der Waals surface area contributed by atoms with Crippen LogP contribution in [0.1, 0.15) is 21.5 Å². The van der Waals surface area contributed by atoms with Gasteiger partial charge in [-0.25, -0.2) is 0 Å². The Bertz CT molecular complexity index is 744. The fraction of sp³-hybridized carbons (Fsp3) is 0.263. The summed E-state index contributed by atoms with van der Waals surface area (Å²) in [5, 5.41) is 11.8. The summed E-state index contributed by atoms with van der Waals surface area (Å²) in [6.07, 6.45) is 0. The van der Waals surface area contributed by atoms with E-state index >= 15 is 0 Å². The van der Waals surface area contributed by atoms with Gasteiger partial charge in [-0.3, -0.25) is 4.79 Å². The van der Waals surface area contributed by atoms with Gasteiger partial charge in [-0.1, -0.05) is 24.3 Å². The summed E-state index contributed by atoms with van der Waals surface area (Å²) in [5.41, 5.74) is 3.19. The molecule has 24 heavy (non-hydrogen) atoms. The van der Waals surface area contributed by atoms with Gasteiger partial charge >= 0.3 is 0 Å². The van der Waals surface area contributed by atoms with Crippen molar-refractivity contribution in [2.24, 2.45) is 0 Å². The molecule has 0 unspecified atom stereocenters. The standard InChI is InChI=1S/C19H19N3O2/c20-13-15-5-7-16(8-6-15)14-21-19(23)17-3-1-2-4-18(17)22-9-11-24-12-10-22/h1-8H,9-12,14H2,(H,21,23). The molecule has 1 fully saturated rings. The normalized spacial score (nSPS) is 14.0. The number of nitrogens with zero attached hydrogens (tertiary/aromatic N) is 2. The third kappa shape index (κ3) is 3.73. The fourth-order valence-corrected chi connectivity index (χ4v) is 2.72. The number of anilines is 1. The van der Waals surface area contributed by atoms with E-state index in [0.29, 0.717) is 30.9 Å². The third-order valence-electron chi connectivity index (χ3n) is 4.04. The number of nitriles is 1. The molecule has 1 heterocycles. The lowest BCUT2D eigenvalue weighted by Gasteiger charge is -2.30. The smallest absolute Gasteiger partial charge is 0.253 e. The topological polar surface area (TPSA) is 65.4 Å². The molecular weight excluding hydrogens is 302 g/mol. The number of ether oxygens (including phenoxy) is 1. The molecule has 1 amide bonds. The van der Waals surface area contributed by atoms with Crippen LogP contribution in [0, 0.1) is 11.3 Å². The number of rotatable bonds is 4. The van der Waals surface area contributed by atoms with Crippen molar-refractivity contribution in [3.8, 4) is 6.07 Å². The van der Waals surface area contributed by atoms with Crippen LogP contribution in [0.2, 0.25) is 0 Å². The first-order valence-corrected chi connectivity index (χ1v) is 7.97. The lowest BCUT2D eigenvalue weighted by Crippen LogP contribution is -2.37. The van der Waals surface area contributed by atoms with Crippen LogP contribution in [0.3, 0.4) is 0 Å². The number of hydrogen-bond acceptors (Lipinski definition) is 4. The Hall–Kier alpha value is -2.84. The molecule has 122 valence electrons. The molecule has 0 atom stereocenters. The summed E-state index contributed by atoms with van der Waals surface area (Å²) < 4.78 is 5.38. The summed E-state index contributed by atoms with van der Waals surface area (Å²) in [7, 11) is 0. The lowest BCUT2D eigenvalue weighted by molar-refractivity contribution is 0.0949. The number of amides is 1. The van der Waals surface area contributed by atoms with Crippen molar-refractivity contribution in [3.63, 3.8) is 0 Å². The summed E-state index contributed by atoms with van der Waals surface area (Å²) in [6, 6.07) is 16.9. The Morgan fingerprint density at radius 1 is 1.12 bits per heavy atom. The first-order valence-electron chi connectivity index (χ1n) is 7.97. The van der Waals surface area contributed by atoms with Crippen LogP contribution in [0.4, 0.5) is 5.69 Å². The van der Waals surface area contributed by atoms with Crippen molar-refractivity contribution in [1.29, 1.82) is 5.26 Å². The zero-order valence-electron chi connectivity index (χ0n) is 13.4. The molecule has 0 saturated carbocycles. The van der Waals surface area contributed by atoms with E-state index in [4.69, 9.17) is 10.00 Å². The van der Waals surface area contributed by atoms with E-state index in [0.717, 1.165) is 24.3 Å². The second-order valence-electron chi connectivity index (χ2n) is 5.61. The quantitative estimate of drug-likeness (QED) is 0.938. The maximum atomic E-state index is 12.6. The molecule has 0 spiro atoms. The summed E-state index contributed by atoms with van der Waals surface area (Å²) in [4.78, 5) is 14.8. The van der Waals surface area contributed by atoms with Crippen molar-refractivity contribution in [2.45, 2.75) is 6.54 Å². The molecular formula is C19H19N3O2. The predicted molar refractivity (Wildman–Crippen MR) is 91.8 cm³/mol. The zero-order chi connectivity index (χ0) is 16.8. The first kappa shape index (κ1) is 16.0. The number of benzene rings is 2. The average molecular weight is 321 g/mol. The number of nitrogens with one attached hydrogen (secondary N) is 1. The Kier molecular flexibility index (Phi) is 5.09. The molecule has 0 bridgehead atoms. The number of hydrogen-bond donors (Lipinski definition) is 1. The monoisotopic (exact) mass is 321 g/mol. The summed E-state index contributed by atoms with van der Waals surface area (Å²) in [6.45, 7) is 3.38. The van der Waals surface area contributed by atoms with Crippen LogP contribution in [0.25, 0.3) is 0 Å². The Morgan fingerprint density at radius 2 is 1.83 bits per heavy atom. The van der Waals surface area contributed by atoms with Gasteiger partial charge in [0, 0.05) is 25.3 Å². The molecule has 1 N–H and O–H groups in total. The van der Waals surface area contributed by atoms with Gasteiger partial charge in [0.1, 0.15) is 0 Å². The van der Waals surface area contributed by atoms with Crippen molar-refractivity contribution in [3.05, 3.63) is 65.2 Å². The molecule has 1 aliphatic heterocycles. The molecule has 3 rings (SSSR count). The van der Waals surface area contributed by atoms with Crippen LogP contribution < -0.4 is 10.2 Å². The molecule has 2 aromatic rings. The highest BCUT2D eigenvalue weighted by Gasteiger charge is 2.18. The van der Waals surface area contributed by atoms with Crippen molar-refractivity contribution in [2.75, 3.05) is 31.2 Å². The minimum Gasteiger partial charge on any atom is -0.378 e. The minimum absolute atomic E-state index is 0.0959. The number of morpholine rings is 1. The van der Waals surface area contributed by atoms with Gasteiger partial charge in [0.15, 0.2) is 0 Å². The van der Waals surface area contributed by atoms with E-state index in [1.807, 2.05) is 36.4 Å². The second kappa shape index (κ2) is 7.62. The second-order valence-corrected chi connectivity index (χ2v) is 5.61. The molecule has 0 aliphatic carbocycles. The molecule has 5 nitrogen and oxygen atoms in total. The van der Waals surface area contributed by atoms with Crippen LogP contribution >= 0.6 is 0 Å². The van der Waals surface area contributed by atoms with Crippen LogP contribution in [-0.2, 0) is 11.3 Å². The van der Waals surface area contributed by atoms with Gasteiger partial charge in [-0.05, 0) is 29.8 Å². The van der Waals surface area contributed by atoms with E-state index in [2.05, 4.69) is 16.3 Å². The number of carbonyl (C=O) groups excluding carboxylic acids is 1. The van der Waals surface area contributed by atoms with Gasteiger partial charge in [0.2, 0.25) is 0 Å². The minimum atomic E-state index is -0.0959. The maximum Gasteiger partial charge on any atom is 0.253 e. The van der Waals surface area contributed by atoms with Gasteiger partial charge in [0.05, 0.1) is 30.4 Å². The highest BCUT2D eigenvalue weighted by Crippen LogP contribution is 2.21. The first-order chi connectivity index (χ1) is 11.8.